The second-order valence-corrected chi connectivity index (χ2v) is 8.65. The van der Waals surface area contributed by atoms with Crippen LogP contribution in [0.1, 0.15) is 10.4 Å². The monoisotopic (exact) mass is 450 g/mol. The first-order valence-electron chi connectivity index (χ1n) is 9.30. The minimum Gasteiger partial charge on any atom is -0.495 e. The van der Waals surface area contributed by atoms with Gasteiger partial charge >= 0.3 is 0 Å². The molecule has 0 saturated carbocycles. The van der Waals surface area contributed by atoms with Crippen molar-refractivity contribution in [2.24, 2.45) is 0 Å². The fourth-order valence-corrected chi connectivity index (χ4v) is 4.17. The standard InChI is InChI=1S/C21H23FN2O6S/c1-23-21(25)19-15-11-18(29-3)16(24(9-10-28-2)31(4,26)27)12-17(15)30-20(19)13-5-7-14(22)8-6-13/h5-8,11-12H,9-10H2,1-4H3,(H,23,25). The number of rotatable bonds is 8. The molecule has 10 heteroatoms. The zero-order valence-corrected chi connectivity index (χ0v) is 18.4. The number of hydrogen-bond donors (Lipinski definition) is 1. The summed E-state index contributed by atoms with van der Waals surface area (Å²) in [6, 6.07) is 8.58. The number of carbonyl (C=O) groups is 1. The average Bonchev–Trinajstić information content (AvgIpc) is 3.10. The van der Waals surface area contributed by atoms with Crippen molar-refractivity contribution in [1.29, 1.82) is 0 Å². The Balaban J connectivity index is 2.29. The maximum atomic E-state index is 13.4. The van der Waals surface area contributed by atoms with Crippen molar-refractivity contribution in [3.63, 3.8) is 0 Å². The first-order valence-corrected chi connectivity index (χ1v) is 11.1. The highest BCUT2D eigenvalue weighted by Crippen LogP contribution is 2.40. The number of sulfonamides is 1. The summed E-state index contributed by atoms with van der Waals surface area (Å²) in [4.78, 5) is 12.7. The van der Waals surface area contributed by atoms with Crippen molar-refractivity contribution < 1.29 is 31.5 Å². The molecule has 8 nitrogen and oxygen atoms in total. The van der Waals surface area contributed by atoms with Crippen molar-refractivity contribution in [2.75, 3.05) is 45.0 Å². The largest absolute Gasteiger partial charge is 0.495 e. The Morgan fingerprint density at radius 3 is 2.42 bits per heavy atom. The van der Waals surface area contributed by atoms with Gasteiger partial charge in [-0.25, -0.2) is 12.8 Å². The Hall–Kier alpha value is -3.11. The molecule has 0 aliphatic rings. The van der Waals surface area contributed by atoms with Crippen LogP contribution in [0.5, 0.6) is 5.75 Å². The van der Waals surface area contributed by atoms with Crippen LogP contribution >= 0.6 is 0 Å². The Bertz CT molecular complexity index is 1200. The van der Waals surface area contributed by atoms with E-state index in [1.165, 1.54) is 51.6 Å². The molecule has 0 bridgehead atoms. The Morgan fingerprint density at radius 2 is 1.87 bits per heavy atom. The first-order chi connectivity index (χ1) is 14.7. The van der Waals surface area contributed by atoms with E-state index in [-0.39, 0.29) is 41.5 Å². The summed E-state index contributed by atoms with van der Waals surface area (Å²) < 4.78 is 55.8. The number of nitrogens with zero attached hydrogens (tertiary/aromatic N) is 1. The van der Waals surface area contributed by atoms with Crippen LogP contribution in [0.15, 0.2) is 40.8 Å². The van der Waals surface area contributed by atoms with Gasteiger partial charge in [-0.15, -0.1) is 0 Å². The molecule has 1 amide bonds. The molecule has 0 fully saturated rings. The van der Waals surface area contributed by atoms with Crippen LogP contribution in [0.25, 0.3) is 22.3 Å². The maximum Gasteiger partial charge on any atom is 0.255 e. The van der Waals surface area contributed by atoms with Crippen molar-refractivity contribution in [2.45, 2.75) is 0 Å². The quantitative estimate of drug-likeness (QED) is 0.567. The summed E-state index contributed by atoms with van der Waals surface area (Å²) in [5.74, 6) is -0.360. The van der Waals surface area contributed by atoms with E-state index in [0.29, 0.717) is 10.9 Å². The lowest BCUT2D eigenvalue weighted by atomic mass is 10.0. The fraction of sp³-hybridized carbons (Fsp3) is 0.286. The van der Waals surface area contributed by atoms with Crippen molar-refractivity contribution in [3.8, 4) is 17.1 Å². The summed E-state index contributed by atoms with van der Waals surface area (Å²) in [5.41, 5.74) is 1.25. The molecule has 1 N–H and O–H groups in total. The van der Waals surface area contributed by atoms with Gasteiger partial charge in [0.15, 0.2) is 0 Å². The molecular formula is C21H23FN2O6S. The molecule has 31 heavy (non-hydrogen) atoms. The molecular weight excluding hydrogens is 427 g/mol. The number of furan rings is 1. The van der Waals surface area contributed by atoms with Gasteiger partial charge in [-0.3, -0.25) is 9.10 Å². The van der Waals surface area contributed by atoms with Crippen LogP contribution in [-0.4, -0.2) is 55.0 Å². The van der Waals surface area contributed by atoms with E-state index >= 15 is 0 Å². The highest BCUT2D eigenvalue weighted by molar-refractivity contribution is 7.92. The number of anilines is 1. The fourth-order valence-electron chi connectivity index (χ4n) is 3.26. The molecule has 0 saturated heterocycles. The van der Waals surface area contributed by atoms with E-state index in [0.717, 1.165) is 10.6 Å². The van der Waals surface area contributed by atoms with E-state index < -0.39 is 21.7 Å². The number of benzene rings is 2. The molecule has 1 heterocycles. The lowest BCUT2D eigenvalue weighted by molar-refractivity contribution is 0.0964. The SMILES string of the molecule is CNC(=O)c1c(-c2ccc(F)cc2)oc2cc(N(CCOC)S(C)(=O)=O)c(OC)cc12. The van der Waals surface area contributed by atoms with Gasteiger partial charge in [0.05, 0.1) is 37.8 Å². The highest BCUT2D eigenvalue weighted by Gasteiger charge is 2.27. The van der Waals surface area contributed by atoms with Gasteiger partial charge in [0.1, 0.15) is 22.9 Å². The average molecular weight is 450 g/mol. The molecule has 0 unspecified atom stereocenters. The topological polar surface area (TPSA) is 98.1 Å². The lowest BCUT2D eigenvalue weighted by Crippen LogP contribution is -2.33. The number of halogens is 1. The number of ether oxygens (including phenoxy) is 2. The Labute approximate surface area is 179 Å². The lowest BCUT2D eigenvalue weighted by Gasteiger charge is -2.24. The molecule has 166 valence electrons. The Kier molecular flexibility index (Phi) is 6.51. The predicted octanol–water partition coefficient (Wildman–Crippen LogP) is 3.02. The number of hydrogen-bond acceptors (Lipinski definition) is 6. The molecule has 3 aromatic rings. The normalized spacial score (nSPS) is 11.5. The third-order valence-electron chi connectivity index (χ3n) is 4.72. The van der Waals surface area contributed by atoms with Crippen molar-refractivity contribution >= 4 is 32.6 Å². The van der Waals surface area contributed by atoms with Crippen LogP contribution < -0.4 is 14.4 Å². The summed E-state index contributed by atoms with van der Waals surface area (Å²) in [6.07, 6.45) is 1.08. The highest BCUT2D eigenvalue weighted by atomic mass is 32.2. The summed E-state index contributed by atoms with van der Waals surface area (Å²) in [5, 5.41) is 3.00. The summed E-state index contributed by atoms with van der Waals surface area (Å²) >= 11 is 0. The third-order valence-corrected chi connectivity index (χ3v) is 5.90. The van der Waals surface area contributed by atoms with Gasteiger partial charge in [-0.1, -0.05) is 0 Å². The van der Waals surface area contributed by atoms with E-state index in [2.05, 4.69) is 5.32 Å². The molecule has 2 aromatic carbocycles. The molecule has 0 atom stereocenters. The van der Waals surface area contributed by atoms with Gasteiger partial charge in [-0.2, -0.15) is 0 Å². The van der Waals surface area contributed by atoms with Crippen molar-refractivity contribution in [1.82, 2.24) is 5.32 Å². The van der Waals surface area contributed by atoms with Gasteiger partial charge in [0.25, 0.3) is 5.91 Å². The first kappa shape index (κ1) is 22.6. The van der Waals surface area contributed by atoms with Gasteiger partial charge in [0, 0.05) is 31.2 Å². The zero-order valence-electron chi connectivity index (χ0n) is 17.6. The third kappa shape index (κ3) is 4.49. The second kappa shape index (κ2) is 8.94. The Morgan fingerprint density at radius 1 is 1.19 bits per heavy atom. The number of methoxy groups -OCH3 is 2. The summed E-state index contributed by atoms with van der Waals surface area (Å²) in [6.45, 7) is 0.224. The van der Waals surface area contributed by atoms with Gasteiger partial charge < -0.3 is 19.2 Å². The van der Waals surface area contributed by atoms with E-state index in [9.17, 15) is 17.6 Å². The molecule has 0 aliphatic heterocycles. The van der Waals surface area contributed by atoms with Crippen LogP contribution in [0, 0.1) is 5.82 Å². The molecule has 0 spiro atoms. The van der Waals surface area contributed by atoms with Gasteiger partial charge in [0.2, 0.25) is 10.0 Å². The van der Waals surface area contributed by atoms with Crippen LogP contribution in [0.4, 0.5) is 10.1 Å². The molecule has 1 aromatic heterocycles. The van der Waals surface area contributed by atoms with Gasteiger partial charge in [-0.05, 0) is 30.3 Å². The van der Waals surface area contributed by atoms with Crippen molar-refractivity contribution in [3.05, 3.63) is 47.8 Å². The zero-order chi connectivity index (χ0) is 22.8. The number of amides is 1. The van der Waals surface area contributed by atoms with Crippen LogP contribution in [-0.2, 0) is 14.8 Å². The number of fused-ring (bicyclic) bond motifs is 1. The minimum atomic E-state index is -3.66. The van der Waals surface area contributed by atoms with Crippen LogP contribution in [0.3, 0.4) is 0 Å². The molecule has 3 rings (SSSR count). The summed E-state index contributed by atoms with van der Waals surface area (Å²) in [7, 11) is 0.697. The van der Waals surface area contributed by atoms with Crippen LogP contribution in [0.2, 0.25) is 0 Å². The van der Waals surface area contributed by atoms with E-state index in [4.69, 9.17) is 13.9 Å². The molecule has 0 radical (unpaired) electrons. The number of nitrogens with one attached hydrogen (secondary N) is 1. The van der Waals surface area contributed by atoms with E-state index in [1.54, 1.807) is 6.07 Å². The predicted molar refractivity (Wildman–Crippen MR) is 116 cm³/mol. The molecule has 0 aliphatic carbocycles. The smallest absolute Gasteiger partial charge is 0.255 e. The minimum absolute atomic E-state index is 0.0605. The van der Waals surface area contributed by atoms with E-state index in [1.807, 2.05) is 0 Å². The number of carbonyl (C=O) groups excluding carboxylic acids is 1. The maximum absolute atomic E-state index is 13.4. The second-order valence-electron chi connectivity index (χ2n) is 6.74.